The van der Waals surface area contributed by atoms with Crippen LogP contribution in [-0.4, -0.2) is 29.8 Å². The van der Waals surface area contributed by atoms with Crippen LogP contribution in [0.1, 0.15) is 10.4 Å². The van der Waals surface area contributed by atoms with Crippen molar-refractivity contribution in [3.05, 3.63) is 65.2 Å². The average Bonchev–Trinajstić information content (AvgIpc) is 3.12. The first-order chi connectivity index (χ1) is 13.9. The Balaban J connectivity index is 1.67. The van der Waals surface area contributed by atoms with Gasteiger partial charge >= 0.3 is 0 Å². The number of nitrogens with two attached hydrogens (primary N) is 2. The number of nitrogens with one attached hydrogen (secondary N) is 2. The zero-order valence-electron chi connectivity index (χ0n) is 16.1. The summed E-state index contributed by atoms with van der Waals surface area (Å²) in [6.07, 6.45) is 1.59. The Kier molecular flexibility index (Phi) is 4.77. The lowest BCUT2D eigenvalue weighted by Crippen LogP contribution is -2.07. The van der Waals surface area contributed by atoms with Crippen LogP contribution in [0.2, 0.25) is 0 Å². The van der Waals surface area contributed by atoms with Crippen molar-refractivity contribution in [3.8, 4) is 0 Å². The van der Waals surface area contributed by atoms with Crippen LogP contribution in [0.25, 0.3) is 10.1 Å². The van der Waals surface area contributed by atoms with Gasteiger partial charge in [-0.2, -0.15) is 4.98 Å². The second-order valence-electron chi connectivity index (χ2n) is 6.83. The average molecular weight is 404 g/mol. The first kappa shape index (κ1) is 18.7. The molecule has 0 aliphatic rings. The summed E-state index contributed by atoms with van der Waals surface area (Å²) in [4.78, 5) is 11.0. The second-order valence-corrected chi connectivity index (χ2v) is 7.91. The maximum absolute atomic E-state index is 8.74. The van der Waals surface area contributed by atoms with E-state index >= 15 is 0 Å². The first-order valence-electron chi connectivity index (χ1n) is 8.96. The van der Waals surface area contributed by atoms with Gasteiger partial charge in [-0.1, -0.05) is 0 Å². The number of nitrogens with zero attached hydrogens (tertiary/aromatic N) is 3. The first-order valence-corrected chi connectivity index (χ1v) is 9.77. The van der Waals surface area contributed by atoms with Gasteiger partial charge in [-0.25, -0.2) is 4.98 Å². The van der Waals surface area contributed by atoms with E-state index in [0.29, 0.717) is 22.8 Å². The van der Waals surface area contributed by atoms with E-state index in [9.17, 15) is 0 Å². The van der Waals surface area contributed by atoms with Gasteiger partial charge in [0.15, 0.2) is 0 Å². The SMILES string of the molecule is CN(C)c1ccc2sc(C(=N)c3cc(Nc4ccnc(N)n4)ccc3N)cc2c1. The number of hydrogen-bond donors (Lipinski definition) is 4. The number of aromatic nitrogens is 2. The molecule has 146 valence electrons. The zero-order valence-corrected chi connectivity index (χ0v) is 16.9. The molecule has 0 aliphatic heterocycles. The van der Waals surface area contributed by atoms with E-state index in [2.05, 4.69) is 38.4 Å². The van der Waals surface area contributed by atoms with Crippen molar-refractivity contribution in [1.82, 2.24) is 9.97 Å². The maximum Gasteiger partial charge on any atom is 0.221 e. The second kappa shape index (κ2) is 7.40. The van der Waals surface area contributed by atoms with Crippen molar-refractivity contribution in [2.24, 2.45) is 0 Å². The minimum Gasteiger partial charge on any atom is -0.398 e. The highest BCUT2D eigenvalue weighted by atomic mass is 32.1. The third kappa shape index (κ3) is 3.83. The molecule has 2 heterocycles. The number of nitrogen functional groups attached to an aromatic ring is 2. The normalized spacial score (nSPS) is 10.8. The molecular formula is C21H21N7S. The minimum atomic E-state index is 0.195. The van der Waals surface area contributed by atoms with E-state index in [0.717, 1.165) is 26.3 Å². The topological polar surface area (TPSA) is 117 Å². The van der Waals surface area contributed by atoms with Gasteiger partial charge in [-0.3, -0.25) is 5.41 Å². The summed E-state index contributed by atoms with van der Waals surface area (Å²) in [6.45, 7) is 0. The third-order valence-corrected chi connectivity index (χ3v) is 5.67. The van der Waals surface area contributed by atoms with Crippen LogP contribution in [0.3, 0.4) is 0 Å². The number of benzene rings is 2. The highest BCUT2D eigenvalue weighted by molar-refractivity contribution is 7.21. The van der Waals surface area contributed by atoms with E-state index in [1.54, 1.807) is 29.7 Å². The fourth-order valence-corrected chi connectivity index (χ4v) is 4.01. The fourth-order valence-electron chi connectivity index (χ4n) is 3.01. The molecule has 29 heavy (non-hydrogen) atoms. The van der Waals surface area contributed by atoms with Crippen LogP contribution < -0.4 is 21.7 Å². The third-order valence-electron chi connectivity index (χ3n) is 4.53. The molecule has 0 bridgehead atoms. The largest absolute Gasteiger partial charge is 0.398 e. The van der Waals surface area contributed by atoms with Gasteiger partial charge < -0.3 is 21.7 Å². The van der Waals surface area contributed by atoms with Crippen LogP contribution in [0.5, 0.6) is 0 Å². The lowest BCUT2D eigenvalue weighted by atomic mass is 10.1. The summed E-state index contributed by atoms with van der Waals surface area (Å²) in [6, 6.07) is 15.6. The summed E-state index contributed by atoms with van der Waals surface area (Å²) >= 11 is 1.58. The predicted molar refractivity (Wildman–Crippen MR) is 123 cm³/mol. The Bertz CT molecular complexity index is 1210. The molecule has 0 saturated heterocycles. The molecule has 4 aromatic rings. The zero-order chi connectivity index (χ0) is 20.5. The highest BCUT2D eigenvalue weighted by Gasteiger charge is 2.14. The van der Waals surface area contributed by atoms with Gasteiger partial charge in [0.25, 0.3) is 0 Å². The molecular weight excluding hydrogens is 382 g/mol. The molecule has 0 fully saturated rings. The Labute approximate surface area is 172 Å². The molecule has 0 amide bonds. The van der Waals surface area contributed by atoms with Gasteiger partial charge in [0.05, 0.1) is 10.6 Å². The number of rotatable bonds is 5. The molecule has 0 saturated carbocycles. The standard InChI is InChI=1S/C21H21N7S/c1-28(2)14-4-6-17-12(9-14)10-18(29-17)20(23)15-11-13(3-5-16(15)22)26-19-7-8-25-21(24)27-19/h3-11,23H,22H2,1-2H3,(H3,24,25,26,27). The summed E-state index contributed by atoms with van der Waals surface area (Å²) in [5, 5.41) is 13.0. The van der Waals surface area contributed by atoms with Crippen LogP contribution in [0.15, 0.2) is 54.7 Å². The molecule has 8 heteroatoms. The van der Waals surface area contributed by atoms with E-state index in [1.165, 1.54) is 0 Å². The Morgan fingerprint density at radius 2 is 1.90 bits per heavy atom. The lowest BCUT2D eigenvalue weighted by molar-refractivity contribution is 1.14. The van der Waals surface area contributed by atoms with Gasteiger partial charge in [-0.05, 0) is 53.9 Å². The van der Waals surface area contributed by atoms with Gasteiger partial charge in [0, 0.05) is 47.6 Å². The minimum absolute atomic E-state index is 0.195. The summed E-state index contributed by atoms with van der Waals surface area (Å²) in [5.41, 5.74) is 15.3. The van der Waals surface area contributed by atoms with Crippen molar-refractivity contribution in [1.29, 1.82) is 5.41 Å². The Hall–Kier alpha value is -3.65. The van der Waals surface area contributed by atoms with Gasteiger partial charge in [-0.15, -0.1) is 11.3 Å². The molecule has 7 nitrogen and oxygen atoms in total. The van der Waals surface area contributed by atoms with Gasteiger partial charge in [0.2, 0.25) is 5.95 Å². The molecule has 0 spiro atoms. The van der Waals surface area contributed by atoms with Crippen molar-refractivity contribution in [2.75, 3.05) is 35.8 Å². The van der Waals surface area contributed by atoms with Crippen LogP contribution in [-0.2, 0) is 0 Å². The smallest absolute Gasteiger partial charge is 0.221 e. The monoisotopic (exact) mass is 403 g/mol. The fraction of sp³-hybridized carbons (Fsp3) is 0.0952. The Morgan fingerprint density at radius 1 is 1.07 bits per heavy atom. The quantitative estimate of drug-likeness (QED) is 0.295. The number of anilines is 5. The van der Waals surface area contributed by atoms with E-state index in [1.807, 2.05) is 32.3 Å². The molecule has 0 aliphatic carbocycles. The molecule has 4 rings (SSSR count). The van der Waals surface area contributed by atoms with Crippen LogP contribution in [0.4, 0.5) is 28.8 Å². The van der Waals surface area contributed by atoms with Gasteiger partial charge in [0.1, 0.15) is 5.82 Å². The van der Waals surface area contributed by atoms with E-state index in [-0.39, 0.29) is 5.95 Å². The summed E-state index contributed by atoms with van der Waals surface area (Å²) < 4.78 is 1.14. The highest BCUT2D eigenvalue weighted by Crippen LogP contribution is 2.32. The van der Waals surface area contributed by atoms with Crippen molar-refractivity contribution in [3.63, 3.8) is 0 Å². The number of thiophene rings is 1. The number of hydrogen-bond acceptors (Lipinski definition) is 8. The molecule has 2 aromatic carbocycles. The van der Waals surface area contributed by atoms with E-state index < -0.39 is 0 Å². The predicted octanol–water partition coefficient (Wildman–Crippen LogP) is 4.08. The molecule has 0 unspecified atom stereocenters. The van der Waals surface area contributed by atoms with E-state index in [4.69, 9.17) is 16.9 Å². The van der Waals surface area contributed by atoms with Crippen molar-refractivity contribution < 1.29 is 0 Å². The van der Waals surface area contributed by atoms with Crippen molar-refractivity contribution >= 4 is 56.0 Å². The molecule has 0 atom stereocenters. The van der Waals surface area contributed by atoms with Crippen LogP contribution >= 0.6 is 11.3 Å². The maximum atomic E-state index is 8.74. The molecule has 2 aromatic heterocycles. The molecule has 0 radical (unpaired) electrons. The summed E-state index contributed by atoms with van der Waals surface area (Å²) in [5.74, 6) is 0.776. The number of fused-ring (bicyclic) bond motifs is 1. The lowest BCUT2D eigenvalue weighted by Gasteiger charge is -2.11. The summed E-state index contributed by atoms with van der Waals surface area (Å²) in [7, 11) is 4.03. The van der Waals surface area contributed by atoms with Crippen LogP contribution in [0, 0.1) is 5.41 Å². The molecule has 6 N–H and O–H groups in total. The Morgan fingerprint density at radius 3 is 2.66 bits per heavy atom. The van der Waals surface area contributed by atoms with Crippen molar-refractivity contribution in [2.45, 2.75) is 0 Å².